The maximum absolute atomic E-state index is 12.6. The lowest BCUT2D eigenvalue weighted by atomic mass is 9.85. The van der Waals surface area contributed by atoms with Crippen LogP contribution in [0, 0.1) is 5.92 Å². The minimum Gasteiger partial charge on any atom is -0.478 e. The van der Waals surface area contributed by atoms with E-state index in [1.54, 1.807) is 29.5 Å². The average molecular weight is 420 g/mol. The van der Waals surface area contributed by atoms with E-state index in [1.165, 1.54) is 0 Å². The Balaban J connectivity index is 1.43. The summed E-state index contributed by atoms with van der Waals surface area (Å²) in [7, 11) is 0. The largest absolute Gasteiger partial charge is 0.478 e. The Bertz CT molecular complexity index is 1120. The number of amides is 1. The number of hydrogen-bond donors (Lipinski definition) is 2. The molecule has 1 aliphatic rings. The molecular weight excluding hydrogens is 398 g/mol. The van der Waals surface area contributed by atoms with Crippen LogP contribution >= 0.6 is 11.3 Å². The summed E-state index contributed by atoms with van der Waals surface area (Å²) in [5.41, 5.74) is 3.54. The van der Waals surface area contributed by atoms with Crippen LogP contribution in [0.15, 0.2) is 60.0 Å². The van der Waals surface area contributed by atoms with Crippen molar-refractivity contribution in [2.45, 2.75) is 25.8 Å². The van der Waals surface area contributed by atoms with E-state index < -0.39 is 5.97 Å². The molecular formula is C24H21NO4S. The first-order chi connectivity index (χ1) is 14.5. The fraction of sp³-hybridized carbons (Fsp3) is 0.208. The predicted molar refractivity (Wildman–Crippen MR) is 116 cm³/mol. The highest BCUT2D eigenvalue weighted by molar-refractivity contribution is 7.10. The number of nitrogens with one attached hydrogen (secondary N) is 1. The van der Waals surface area contributed by atoms with Crippen molar-refractivity contribution in [2.75, 3.05) is 0 Å². The van der Waals surface area contributed by atoms with Crippen molar-refractivity contribution in [2.24, 2.45) is 5.92 Å². The van der Waals surface area contributed by atoms with Crippen molar-refractivity contribution in [3.8, 4) is 11.1 Å². The molecule has 0 saturated heterocycles. The fourth-order valence-corrected chi connectivity index (χ4v) is 4.77. The molecule has 1 heterocycles. The van der Waals surface area contributed by atoms with E-state index in [2.05, 4.69) is 5.32 Å². The smallest absolute Gasteiger partial charge is 0.335 e. The van der Waals surface area contributed by atoms with Crippen molar-refractivity contribution in [3.05, 3.63) is 81.5 Å². The Morgan fingerprint density at radius 3 is 2.73 bits per heavy atom. The highest BCUT2D eigenvalue weighted by Gasteiger charge is 2.29. The molecule has 1 amide bonds. The first kappa shape index (κ1) is 20.0. The minimum absolute atomic E-state index is 0.0681. The highest BCUT2D eigenvalue weighted by Crippen LogP contribution is 2.31. The van der Waals surface area contributed by atoms with Crippen LogP contribution in [-0.4, -0.2) is 22.8 Å². The molecule has 1 unspecified atom stereocenters. The van der Waals surface area contributed by atoms with Crippen LogP contribution in [0.5, 0.6) is 0 Å². The molecule has 4 rings (SSSR count). The Morgan fingerprint density at radius 1 is 1.07 bits per heavy atom. The summed E-state index contributed by atoms with van der Waals surface area (Å²) in [6, 6.07) is 16.2. The average Bonchev–Trinajstić information content (AvgIpc) is 3.24. The number of carbonyl (C=O) groups excluding carboxylic acids is 2. The number of aryl methyl sites for hydroxylation is 1. The molecule has 0 bridgehead atoms. The van der Waals surface area contributed by atoms with Gasteiger partial charge in [0.15, 0.2) is 5.78 Å². The standard InChI is InChI=1S/C24H21NO4S/c26-22(13-16-8-9-21-20(23(16)27)10-11-30-21)25-14-18-4-1-2-7-19(18)15-5-3-6-17(12-15)24(28)29/h1-7,10-12,16H,8-9,13-14H2,(H,25,26)(H,28,29). The molecule has 0 aliphatic heterocycles. The Kier molecular flexibility index (Phi) is 5.77. The van der Waals surface area contributed by atoms with Gasteiger partial charge in [0.25, 0.3) is 0 Å². The fourth-order valence-electron chi connectivity index (χ4n) is 3.87. The van der Waals surface area contributed by atoms with Crippen LogP contribution in [0.3, 0.4) is 0 Å². The number of aromatic carboxylic acids is 1. The molecule has 6 heteroatoms. The molecule has 2 N–H and O–H groups in total. The number of carbonyl (C=O) groups is 3. The Labute approximate surface area is 178 Å². The maximum Gasteiger partial charge on any atom is 0.335 e. The van der Waals surface area contributed by atoms with E-state index in [1.807, 2.05) is 41.8 Å². The highest BCUT2D eigenvalue weighted by atomic mass is 32.1. The van der Waals surface area contributed by atoms with E-state index in [4.69, 9.17) is 0 Å². The summed E-state index contributed by atoms with van der Waals surface area (Å²) in [6.07, 6.45) is 1.74. The molecule has 152 valence electrons. The topological polar surface area (TPSA) is 83.5 Å². The van der Waals surface area contributed by atoms with Gasteiger partial charge in [0.05, 0.1) is 5.56 Å². The first-order valence-corrected chi connectivity index (χ1v) is 10.7. The summed E-state index contributed by atoms with van der Waals surface area (Å²) in [4.78, 5) is 37.5. The van der Waals surface area contributed by atoms with Crippen LogP contribution in [-0.2, 0) is 17.8 Å². The van der Waals surface area contributed by atoms with E-state index in [9.17, 15) is 19.5 Å². The molecule has 1 aliphatic carbocycles. The number of carboxylic acids is 1. The molecule has 0 saturated carbocycles. The van der Waals surface area contributed by atoms with Gasteiger partial charge in [-0.3, -0.25) is 9.59 Å². The number of ketones is 1. The summed E-state index contributed by atoms with van der Waals surface area (Å²) in [6.45, 7) is 0.316. The lowest BCUT2D eigenvalue weighted by Gasteiger charge is -2.20. The van der Waals surface area contributed by atoms with Crippen LogP contribution in [0.1, 0.15) is 44.0 Å². The normalized spacial score (nSPS) is 15.5. The quantitative estimate of drug-likeness (QED) is 0.613. The van der Waals surface area contributed by atoms with Crippen molar-refractivity contribution < 1.29 is 19.5 Å². The van der Waals surface area contributed by atoms with Gasteiger partial charge in [0, 0.05) is 29.3 Å². The number of hydrogen-bond acceptors (Lipinski definition) is 4. The summed E-state index contributed by atoms with van der Waals surface area (Å²) < 4.78 is 0. The van der Waals surface area contributed by atoms with Gasteiger partial charge in [-0.05, 0) is 53.1 Å². The molecule has 2 aromatic carbocycles. The second-order valence-electron chi connectivity index (χ2n) is 7.38. The first-order valence-electron chi connectivity index (χ1n) is 9.82. The number of rotatable bonds is 6. The monoisotopic (exact) mass is 419 g/mol. The minimum atomic E-state index is -0.978. The number of benzene rings is 2. The molecule has 1 atom stereocenters. The van der Waals surface area contributed by atoms with E-state index >= 15 is 0 Å². The van der Waals surface area contributed by atoms with Gasteiger partial charge < -0.3 is 10.4 Å². The Hall–Kier alpha value is -3.25. The number of carboxylic acid groups (broad SMARTS) is 1. The second-order valence-corrected chi connectivity index (χ2v) is 8.38. The van der Waals surface area contributed by atoms with E-state index in [-0.39, 0.29) is 29.6 Å². The lowest BCUT2D eigenvalue weighted by Crippen LogP contribution is -2.30. The van der Waals surface area contributed by atoms with Gasteiger partial charge in [0.2, 0.25) is 5.91 Å². The van der Waals surface area contributed by atoms with E-state index in [0.717, 1.165) is 33.6 Å². The summed E-state index contributed by atoms with van der Waals surface area (Å²) >= 11 is 1.60. The second kappa shape index (κ2) is 8.63. The number of Topliss-reactive ketones (excluding diaryl/α,β-unsaturated/α-hetero) is 1. The zero-order chi connectivity index (χ0) is 21.1. The number of thiophene rings is 1. The van der Waals surface area contributed by atoms with Crippen molar-refractivity contribution in [1.29, 1.82) is 0 Å². The van der Waals surface area contributed by atoms with Crippen molar-refractivity contribution in [1.82, 2.24) is 5.32 Å². The summed E-state index contributed by atoms with van der Waals surface area (Å²) in [5, 5.41) is 14.1. The van der Waals surface area contributed by atoms with Gasteiger partial charge in [-0.2, -0.15) is 0 Å². The third-order valence-electron chi connectivity index (χ3n) is 5.45. The van der Waals surface area contributed by atoms with Gasteiger partial charge >= 0.3 is 5.97 Å². The van der Waals surface area contributed by atoms with Crippen LogP contribution in [0.2, 0.25) is 0 Å². The molecule has 5 nitrogen and oxygen atoms in total. The summed E-state index contributed by atoms with van der Waals surface area (Å²) in [5.74, 6) is -1.33. The van der Waals surface area contributed by atoms with Gasteiger partial charge in [-0.1, -0.05) is 36.4 Å². The lowest BCUT2D eigenvalue weighted by molar-refractivity contribution is -0.122. The molecule has 0 fully saturated rings. The van der Waals surface area contributed by atoms with Gasteiger partial charge in [0.1, 0.15) is 0 Å². The zero-order valence-electron chi connectivity index (χ0n) is 16.3. The molecule has 1 aromatic heterocycles. The Morgan fingerprint density at radius 2 is 1.90 bits per heavy atom. The van der Waals surface area contributed by atoms with Crippen LogP contribution in [0.4, 0.5) is 0 Å². The molecule has 0 spiro atoms. The SMILES string of the molecule is O=C(CC1CCc2sccc2C1=O)NCc1ccccc1-c1cccc(C(=O)O)c1. The van der Waals surface area contributed by atoms with E-state index in [0.29, 0.717) is 13.0 Å². The van der Waals surface area contributed by atoms with Crippen molar-refractivity contribution >= 4 is 29.0 Å². The zero-order valence-corrected chi connectivity index (χ0v) is 17.1. The van der Waals surface area contributed by atoms with Crippen LogP contribution < -0.4 is 5.32 Å². The molecule has 30 heavy (non-hydrogen) atoms. The van der Waals surface area contributed by atoms with Crippen LogP contribution in [0.25, 0.3) is 11.1 Å². The van der Waals surface area contributed by atoms with Crippen molar-refractivity contribution in [3.63, 3.8) is 0 Å². The third kappa shape index (κ3) is 4.19. The molecule has 3 aromatic rings. The molecule has 0 radical (unpaired) electrons. The van der Waals surface area contributed by atoms with Gasteiger partial charge in [-0.15, -0.1) is 11.3 Å². The predicted octanol–water partition coefficient (Wildman–Crippen LogP) is 4.56. The number of fused-ring (bicyclic) bond motifs is 1. The van der Waals surface area contributed by atoms with Gasteiger partial charge in [-0.25, -0.2) is 4.79 Å². The maximum atomic E-state index is 12.6. The third-order valence-corrected chi connectivity index (χ3v) is 6.43.